The quantitative estimate of drug-likeness (QED) is 0.794. The lowest BCUT2D eigenvalue weighted by Gasteiger charge is -2.28. The molecule has 1 saturated carbocycles. The Morgan fingerprint density at radius 1 is 1.50 bits per heavy atom. The van der Waals surface area contributed by atoms with Crippen molar-refractivity contribution < 1.29 is 0 Å². The molecule has 1 heterocycles. The first-order valence-electron chi connectivity index (χ1n) is 7.27. The SMILES string of the molecule is CCn1nc(C)c(Br)c1CN(CC(N)=S)C1CCCC1. The van der Waals surface area contributed by atoms with E-state index in [1.54, 1.807) is 0 Å². The Bertz CT molecular complexity index is 480. The molecule has 2 rings (SSSR count). The number of aromatic nitrogens is 2. The van der Waals surface area contributed by atoms with Gasteiger partial charge in [-0.2, -0.15) is 5.10 Å². The first kappa shape index (κ1) is 15.9. The smallest absolute Gasteiger partial charge is 0.0870 e. The lowest BCUT2D eigenvalue weighted by Crippen LogP contribution is -2.39. The Labute approximate surface area is 134 Å². The summed E-state index contributed by atoms with van der Waals surface area (Å²) in [7, 11) is 0. The molecule has 0 spiro atoms. The first-order chi connectivity index (χ1) is 9.52. The zero-order valence-electron chi connectivity index (χ0n) is 12.2. The fraction of sp³-hybridized carbons (Fsp3) is 0.714. The lowest BCUT2D eigenvalue weighted by molar-refractivity contribution is 0.212. The maximum Gasteiger partial charge on any atom is 0.0870 e. The summed E-state index contributed by atoms with van der Waals surface area (Å²) in [5.74, 6) is 0. The number of nitrogens with zero attached hydrogens (tertiary/aromatic N) is 3. The van der Waals surface area contributed by atoms with Crippen LogP contribution in [0.5, 0.6) is 0 Å². The predicted octanol–water partition coefficient (Wildman–Crippen LogP) is 3.00. The molecule has 1 aliphatic carbocycles. The van der Waals surface area contributed by atoms with Crippen LogP contribution in [0, 0.1) is 6.92 Å². The van der Waals surface area contributed by atoms with E-state index in [0.29, 0.717) is 17.6 Å². The van der Waals surface area contributed by atoms with E-state index in [2.05, 4.69) is 37.5 Å². The third-order valence-electron chi connectivity index (χ3n) is 4.01. The molecule has 0 saturated heterocycles. The van der Waals surface area contributed by atoms with E-state index in [1.165, 1.54) is 31.4 Å². The molecule has 0 radical (unpaired) electrons. The predicted molar refractivity (Wildman–Crippen MR) is 89.8 cm³/mol. The molecule has 0 bridgehead atoms. The topological polar surface area (TPSA) is 47.1 Å². The van der Waals surface area contributed by atoms with Crippen LogP contribution in [0.3, 0.4) is 0 Å². The number of aryl methyl sites for hydroxylation is 2. The maximum atomic E-state index is 5.78. The van der Waals surface area contributed by atoms with E-state index in [4.69, 9.17) is 18.0 Å². The summed E-state index contributed by atoms with van der Waals surface area (Å²) >= 11 is 8.80. The molecule has 6 heteroatoms. The van der Waals surface area contributed by atoms with Crippen molar-refractivity contribution in [2.45, 2.75) is 58.7 Å². The Hall–Kier alpha value is -0.460. The number of halogens is 1. The van der Waals surface area contributed by atoms with E-state index < -0.39 is 0 Å². The van der Waals surface area contributed by atoms with Crippen LogP contribution < -0.4 is 5.73 Å². The molecular weight excluding hydrogens is 336 g/mol. The van der Waals surface area contributed by atoms with Crippen molar-refractivity contribution in [3.05, 3.63) is 15.9 Å². The van der Waals surface area contributed by atoms with Crippen LogP contribution in [-0.2, 0) is 13.1 Å². The maximum absolute atomic E-state index is 5.78. The highest BCUT2D eigenvalue weighted by atomic mass is 79.9. The molecule has 1 fully saturated rings. The van der Waals surface area contributed by atoms with Gasteiger partial charge in [0.25, 0.3) is 0 Å². The summed E-state index contributed by atoms with van der Waals surface area (Å²) < 4.78 is 3.19. The third kappa shape index (κ3) is 3.59. The lowest BCUT2D eigenvalue weighted by atomic mass is 10.2. The van der Waals surface area contributed by atoms with Gasteiger partial charge in [0, 0.05) is 25.7 Å². The van der Waals surface area contributed by atoms with Crippen LogP contribution in [0.1, 0.15) is 44.0 Å². The minimum absolute atomic E-state index is 0.576. The number of hydrogen-bond donors (Lipinski definition) is 1. The van der Waals surface area contributed by atoms with Crippen LogP contribution in [0.15, 0.2) is 4.47 Å². The molecule has 0 atom stereocenters. The second kappa shape index (κ2) is 7.00. The monoisotopic (exact) mass is 358 g/mol. The van der Waals surface area contributed by atoms with Gasteiger partial charge in [-0.3, -0.25) is 9.58 Å². The van der Waals surface area contributed by atoms with Crippen molar-refractivity contribution in [1.29, 1.82) is 0 Å². The average Bonchev–Trinajstić information content (AvgIpc) is 3.01. The second-order valence-corrected chi connectivity index (χ2v) is 6.79. The average molecular weight is 359 g/mol. The van der Waals surface area contributed by atoms with Gasteiger partial charge in [-0.05, 0) is 42.6 Å². The largest absolute Gasteiger partial charge is 0.392 e. The fourth-order valence-electron chi connectivity index (χ4n) is 3.00. The van der Waals surface area contributed by atoms with Gasteiger partial charge in [0.15, 0.2) is 0 Å². The molecule has 20 heavy (non-hydrogen) atoms. The highest BCUT2D eigenvalue weighted by Crippen LogP contribution is 2.28. The summed E-state index contributed by atoms with van der Waals surface area (Å²) in [5, 5.41) is 4.57. The van der Waals surface area contributed by atoms with E-state index >= 15 is 0 Å². The molecule has 0 aliphatic heterocycles. The molecule has 1 aromatic rings. The van der Waals surface area contributed by atoms with Gasteiger partial charge in [0.05, 0.1) is 20.8 Å². The van der Waals surface area contributed by atoms with Crippen LogP contribution in [0.25, 0.3) is 0 Å². The normalized spacial score (nSPS) is 16.2. The Balaban J connectivity index is 2.20. The van der Waals surface area contributed by atoms with E-state index in [9.17, 15) is 0 Å². The van der Waals surface area contributed by atoms with Gasteiger partial charge in [0.1, 0.15) is 0 Å². The zero-order chi connectivity index (χ0) is 14.7. The molecule has 1 aliphatic rings. The number of nitrogens with two attached hydrogens (primary N) is 1. The van der Waals surface area contributed by atoms with E-state index in [1.807, 2.05) is 6.92 Å². The van der Waals surface area contributed by atoms with Crippen molar-refractivity contribution >= 4 is 33.1 Å². The molecule has 0 unspecified atom stereocenters. The van der Waals surface area contributed by atoms with Crippen molar-refractivity contribution in [2.75, 3.05) is 6.54 Å². The summed E-state index contributed by atoms with van der Waals surface area (Å²) in [6.45, 7) is 6.59. The van der Waals surface area contributed by atoms with Gasteiger partial charge in [-0.15, -0.1) is 0 Å². The van der Waals surface area contributed by atoms with Crippen molar-refractivity contribution in [1.82, 2.24) is 14.7 Å². The molecule has 112 valence electrons. The number of rotatable bonds is 6. The Morgan fingerprint density at radius 3 is 2.70 bits per heavy atom. The highest BCUT2D eigenvalue weighted by molar-refractivity contribution is 9.10. The molecule has 0 amide bonds. The van der Waals surface area contributed by atoms with Crippen molar-refractivity contribution in [3.63, 3.8) is 0 Å². The molecular formula is C14H23BrN4S. The van der Waals surface area contributed by atoms with Crippen molar-refractivity contribution in [2.24, 2.45) is 5.73 Å². The van der Waals surface area contributed by atoms with Gasteiger partial charge < -0.3 is 5.73 Å². The first-order valence-corrected chi connectivity index (χ1v) is 8.47. The van der Waals surface area contributed by atoms with Crippen LogP contribution in [-0.4, -0.2) is 32.3 Å². The molecule has 4 nitrogen and oxygen atoms in total. The van der Waals surface area contributed by atoms with E-state index in [-0.39, 0.29) is 0 Å². The van der Waals surface area contributed by atoms with Gasteiger partial charge >= 0.3 is 0 Å². The van der Waals surface area contributed by atoms with Gasteiger partial charge in [-0.1, -0.05) is 25.1 Å². The minimum atomic E-state index is 0.576. The van der Waals surface area contributed by atoms with Crippen LogP contribution in [0.2, 0.25) is 0 Å². The third-order valence-corrected chi connectivity index (χ3v) is 5.17. The van der Waals surface area contributed by atoms with Gasteiger partial charge in [0.2, 0.25) is 0 Å². The van der Waals surface area contributed by atoms with Crippen LogP contribution in [0.4, 0.5) is 0 Å². The standard InChI is InChI=1S/C14H23BrN4S/c1-3-19-12(14(15)10(2)17-19)8-18(9-13(16)20)11-6-4-5-7-11/h11H,3-9H2,1-2H3,(H2,16,20). The summed E-state index contributed by atoms with van der Waals surface area (Å²) in [5.41, 5.74) is 8.06. The van der Waals surface area contributed by atoms with E-state index in [0.717, 1.165) is 23.3 Å². The summed E-state index contributed by atoms with van der Waals surface area (Å²) in [6.07, 6.45) is 5.12. The summed E-state index contributed by atoms with van der Waals surface area (Å²) in [4.78, 5) is 3.00. The second-order valence-electron chi connectivity index (χ2n) is 5.47. The van der Waals surface area contributed by atoms with Crippen molar-refractivity contribution in [3.8, 4) is 0 Å². The Morgan fingerprint density at radius 2 is 2.15 bits per heavy atom. The minimum Gasteiger partial charge on any atom is -0.392 e. The Kier molecular flexibility index (Phi) is 5.57. The summed E-state index contributed by atoms with van der Waals surface area (Å²) in [6, 6.07) is 0.601. The zero-order valence-corrected chi connectivity index (χ0v) is 14.6. The number of thiocarbonyl (C=S) groups is 1. The van der Waals surface area contributed by atoms with Crippen LogP contribution >= 0.6 is 28.1 Å². The fourth-order valence-corrected chi connectivity index (χ4v) is 3.57. The molecule has 1 aromatic heterocycles. The highest BCUT2D eigenvalue weighted by Gasteiger charge is 2.25. The number of hydrogen-bond acceptors (Lipinski definition) is 3. The van der Waals surface area contributed by atoms with Gasteiger partial charge in [-0.25, -0.2) is 0 Å². The molecule has 0 aromatic carbocycles. The molecule has 2 N–H and O–H groups in total.